The number of aromatic nitrogens is 2. The molecule has 0 spiro atoms. The first kappa shape index (κ1) is 10.5. The van der Waals surface area contributed by atoms with Gasteiger partial charge in [0, 0.05) is 18.5 Å². The van der Waals surface area contributed by atoms with Crippen molar-refractivity contribution in [3.8, 4) is 17.1 Å². The van der Waals surface area contributed by atoms with E-state index in [1.807, 2.05) is 0 Å². The van der Waals surface area contributed by atoms with E-state index < -0.39 is 0 Å². The van der Waals surface area contributed by atoms with Crippen molar-refractivity contribution >= 4 is 11.2 Å². The summed E-state index contributed by atoms with van der Waals surface area (Å²) in [7, 11) is 0. The van der Waals surface area contributed by atoms with Crippen LogP contribution in [0.3, 0.4) is 0 Å². The van der Waals surface area contributed by atoms with Gasteiger partial charge in [0.15, 0.2) is 5.52 Å². The predicted octanol–water partition coefficient (Wildman–Crippen LogP) is 1.96. The third-order valence-electron chi connectivity index (χ3n) is 2.54. The summed E-state index contributed by atoms with van der Waals surface area (Å²) in [5.41, 5.74) is 0.490. The van der Waals surface area contributed by atoms with E-state index in [1.165, 1.54) is 24.5 Å². The first-order chi connectivity index (χ1) is 8.75. The van der Waals surface area contributed by atoms with Gasteiger partial charge >= 0.3 is 0 Å². The average molecular weight is 240 g/mol. The van der Waals surface area contributed by atoms with Crippen LogP contribution in [0, 0.1) is 0 Å². The van der Waals surface area contributed by atoms with E-state index in [0.717, 1.165) is 0 Å². The summed E-state index contributed by atoms with van der Waals surface area (Å²) in [6, 6.07) is 7.92. The van der Waals surface area contributed by atoms with Crippen LogP contribution in [-0.4, -0.2) is 15.1 Å². The second-order valence-corrected chi connectivity index (χ2v) is 3.70. The van der Waals surface area contributed by atoms with Gasteiger partial charge in [0.05, 0.1) is 5.56 Å². The molecule has 5 nitrogen and oxygen atoms in total. The Morgan fingerprint density at radius 1 is 1.11 bits per heavy atom. The summed E-state index contributed by atoms with van der Waals surface area (Å²) in [4.78, 5) is 19.7. The van der Waals surface area contributed by atoms with Crippen LogP contribution in [0.1, 0.15) is 0 Å². The molecule has 0 saturated heterocycles. The van der Waals surface area contributed by atoms with Gasteiger partial charge in [0.2, 0.25) is 11.1 Å². The van der Waals surface area contributed by atoms with Gasteiger partial charge in [0.25, 0.3) is 0 Å². The van der Waals surface area contributed by atoms with Crippen LogP contribution < -0.4 is 5.43 Å². The van der Waals surface area contributed by atoms with E-state index in [4.69, 9.17) is 4.42 Å². The molecule has 0 fully saturated rings. The molecular weight excluding hydrogens is 232 g/mol. The third-order valence-corrected chi connectivity index (χ3v) is 2.54. The Bertz CT molecular complexity index is 780. The zero-order chi connectivity index (χ0) is 12.5. The smallest absolute Gasteiger partial charge is 0.249 e. The van der Waals surface area contributed by atoms with E-state index in [2.05, 4.69) is 9.97 Å². The van der Waals surface area contributed by atoms with E-state index in [1.54, 1.807) is 18.2 Å². The summed E-state index contributed by atoms with van der Waals surface area (Å²) in [6.07, 6.45) is 2.87. The molecule has 18 heavy (non-hydrogen) atoms. The lowest BCUT2D eigenvalue weighted by Crippen LogP contribution is -2.03. The molecule has 2 aromatic heterocycles. The van der Waals surface area contributed by atoms with E-state index in [-0.39, 0.29) is 28.2 Å². The van der Waals surface area contributed by atoms with Crippen molar-refractivity contribution in [2.24, 2.45) is 0 Å². The molecule has 88 valence electrons. The predicted molar refractivity (Wildman–Crippen MR) is 65.2 cm³/mol. The van der Waals surface area contributed by atoms with Crippen LogP contribution in [0.15, 0.2) is 51.9 Å². The monoisotopic (exact) mass is 240 g/mol. The van der Waals surface area contributed by atoms with Crippen molar-refractivity contribution in [1.29, 1.82) is 0 Å². The van der Waals surface area contributed by atoms with Crippen molar-refractivity contribution in [2.45, 2.75) is 0 Å². The molecule has 0 aliphatic rings. The Morgan fingerprint density at radius 2 is 1.89 bits per heavy atom. The van der Waals surface area contributed by atoms with Gasteiger partial charge in [-0.15, -0.1) is 0 Å². The molecule has 2 heterocycles. The van der Waals surface area contributed by atoms with Crippen molar-refractivity contribution in [3.63, 3.8) is 0 Å². The van der Waals surface area contributed by atoms with Crippen LogP contribution >= 0.6 is 0 Å². The van der Waals surface area contributed by atoms with Crippen molar-refractivity contribution in [2.75, 3.05) is 0 Å². The lowest BCUT2D eigenvalue weighted by molar-refractivity contribution is 0.474. The quantitative estimate of drug-likeness (QED) is 0.703. The highest BCUT2D eigenvalue weighted by molar-refractivity contribution is 5.72. The summed E-state index contributed by atoms with van der Waals surface area (Å²) < 4.78 is 5.48. The Balaban J connectivity index is 2.32. The lowest BCUT2D eigenvalue weighted by atomic mass is 10.1. The molecule has 1 aromatic carbocycles. The molecule has 1 N–H and O–H groups in total. The normalized spacial score (nSPS) is 10.7. The molecule has 0 bridgehead atoms. The van der Waals surface area contributed by atoms with Gasteiger partial charge in [0.1, 0.15) is 11.5 Å². The molecule has 3 aromatic rings. The molecule has 5 heteroatoms. The Hall–Kier alpha value is -2.69. The summed E-state index contributed by atoms with van der Waals surface area (Å²) in [5.74, 6) is 0.315. The first-order valence-electron chi connectivity index (χ1n) is 5.29. The SMILES string of the molecule is O=c1cc(-c2ccccc2O)oc2nccnc12. The molecule has 3 rings (SSSR count). The van der Waals surface area contributed by atoms with E-state index in [9.17, 15) is 9.90 Å². The molecule has 0 amide bonds. The molecule has 0 aliphatic heterocycles. The standard InChI is InChI=1S/C13H8N2O3/c16-9-4-2-1-3-8(9)11-7-10(17)12-13(18-11)15-6-5-14-12/h1-7,16H. The lowest BCUT2D eigenvalue weighted by Gasteiger charge is -2.03. The number of fused-ring (bicyclic) bond motifs is 1. The first-order valence-corrected chi connectivity index (χ1v) is 5.29. The number of aromatic hydroxyl groups is 1. The second kappa shape index (κ2) is 3.96. The Labute approximate surface area is 101 Å². The van der Waals surface area contributed by atoms with Gasteiger partial charge in [-0.3, -0.25) is 4.79 Å². The summed E-state index contributed by atoms with van der Waals surface area (Å²) in [5, 5.41) is 9.73. The van der Waals surface area contributed by atoms with Crippen molar-refractivity contribution in [3.05, 3.63) is 52.9 Å². The zero-order valence-corrected chi connectivity index (χ0v) is 9.20. The van der Waals surface area contributed by atoms with Crippen LogP contribution in [-0.2, 0) is 0 Å². The third kappa shape index (κ3) is 1.62. The summed E-state index contributed by atoms with van der Waals surface area (Å²) >= 11 is 0. The highest BCUT2D eigenvalue weighted by atomic mass is 16.3. The van der Waals surface area contributed by atoms with Gasteiger partial charge in [-0.05, 0) is 12.1 Å². The molecule has 0 saturated carbocycles. The van der Waals surface area contributed by atoms with Crippen LogP contribution in [0.2, 0.25) is 0 Å². The zero-order valence-electron chi connectivity index (χ0n) is 9.20. The summed E-state index contributed by atoms with van der Waals surface area (Å²) in [6.45, 7) is 0. The van der Waals surface area contributed by atoms with Gasteiger partial charge in [-0.25, -0.2) is 9.97 Å². The fourth-order valence-corrected chi connectivity index (χ4v) is 1.70. The topological polar surface area (TPSA) is 76.2 Å². The number of rotatable bonds is 1. The second-order valence-electron chi connectivity index (χ2n) is 3.70. The minimum Gasteiger partial charge on any atom is -0.507 e. The van der Waals surface area contributed by atoms with Crippen molar-refractivity contribution < 1.29 is 9.52 Å². The maximum atomic E-state index is 11.8. The molecule has 0 aliphatic carbocycles. The van der Waals surface area contributed by atoms with Gasteiger partial charge < -0.3 is 9.52 Å². The number of phenols is 1. The molecule has 0 radical (unpaired) electrons. The maximum absolute atomic E-state index is 11.8. The molecule has 0 unspecified atom stereocenters. The fraction of sp³-hybridized carbons (Fsp3) is 0. The molecule has 0 atom stereocenters. The number of benzene rings is 1. The minimum absolute atomic E-state index is 0.0453. The Morgan fingerprint density at radius 3 is 2.72 bits per heavy atom. The van der Waals surface area contributed by atoms with Crippen LogP contribution in [0.25, 0.3) is 22.6 Å². The number of para-hydroxylation sites is 1. The number of phenolic OH excluding ortho intramolecular Hbond substituents is 1. The van der Waals surface area contributed by atoms with Crippen LogP contribution in [0.4, 0.5) is 0 Å². The van der Waals surface area contributed by atoms with Gasteiger partial charge in [-0.1, -0.05) is 12.1 Å². The largest absolute Gasteiger partial charge is 0.507 e. The number of hydrogen-bond acceptors (Lipinski definition) is 5. The van der Waals surface area contributed by atoms with E-state index >= 15 is 0 Å². The maximum Gasteiger partial charge on any atom is 0.249 e. The highest BCUT2D eigenvalue weighted by Gasteiger charge is 2.10. The fourth-order valence-electron chi connectivity index (χ4n) is 1.70. The highest BCUT2D eigenvalue weighted by Crippen LogP contribution is 2.28. The van der Waals surface area contributed by atoms with E-state index in [0.29, 0.717) is 5.56 Å². The molecular formula is C13H8N2O3. The minimum atomic E-state index is -0.289. The number of nitrogens with zero attached hydrogens (tertiary/aromatic N) is 2. The van der Waals surface area contributed by atoms with Gasteiger partial charge in [-0.2, -0.15) is 0 Å². The average Bonchev–Trinajstić information content (AvgIpc) is 2.39. The van der Waals surface area contributed by atoms with Crippen molar-refractivity contribution in [1.82, 2.24) is 9.97 Å². The Kier molecular flexibility index (Phi) is 2.30. The van der Waals surface area contributed by atoms with Crippen LogP contribution in [0.5, 0.6) is 5.75 Å². The number of hydrogen-bond donors (Lipinski definition) is 1.